The summed E-state index contributed by atoms with van der Waals surface area (Å²) in [7, 11) is 0. The van der Waals surface area contributed by atoms with Gasteiger partial charge in [-0.3, -0.25) is 4.68 Å². The van der Waals surface area contributed by atoms with Gasteiger partial charge in [0.15, 0.2) is 0 Å². The third kappa shape index (κ3) is 3.22. The van der Waals surface area contributed by atoms with Crippen molar-refractivity contribution in [3.05, 3.63) is 17.5 Å². The summed E-state index contributed by atoms with van der Waals surface area (Å²) in [5.74, 6) is 0. The van der Waals surface area contributed by atoms with Crippen molar-refractivity contribution in [1.82, 2.24) is 9.78 Å². The number of aromatic nitrogens is 2. The highest BCUT2D eigenvalue weighted by Gasteiger charge is 2.39. The molecule has 1 aliphatic rings. The van der Waals surface area contributed by atoms with Crippen LogP contribution >= 0.6 is 0 Å². The maximum absolute atomic E-state index is 6.51. The van der Waals surface area contributed by atoms with Crippen LogP contribution in [0.4, 0.5) is 0 Å². The summed E-state index contributed by atoms with van der Waals surface area (Å²) in [6.45, 7) is 9.20. The summed E-state index contributed by atoms with van der Waals surface area (Å²) < 4.78 is 13.6. The number of rotatable bonds is 6. The highest BCUT2D eigenvalue weighted by Crippen LogP contribution is 2.29. The summed E-state index contributed by atoms with van der Waals surface area (Å²) in [6.07, 6.45) is 2.55. The quantitative estimate of drug-likeness (QED) is 0.861. The van der Waals surface area contributed by atoms with Crippen molar-refractivity contribution in [2.75, 3.05) is 19.8 Å². The van der Waals surface area contributed by atoms with Crippen molar-refractivity contribution in [2.24, 2.45) is 5.73 Å². The molecule has 0 aliphatic carbocycles. The first-order chi connectivity index (χ1) is 9.61. The zero-order valence-corrected chi connectivity index (χ0v) is 12.9. The zero-order chi connectivity index (χ0) is 14.6. The van der Waals surface area contributed by atoms with E-state index in [9.17, 15) is 0 Å². The van der Waals surface area contributed by atoms with E-state index in [0.717, 1.165) is 44.7 Å². The summed E-state index contributed by atoms with van der Waals surface area (Å²) in [5, 5.41) is 4.49. The second kappa shape index (κ2) is 6.70. The van der Waals surface area contributed by atoms with E-state index in [1.807, 2.05) is 18.5 Å². The van der Waals surface area contributed by atoms with Gasteiger partial charge in [0, 0.05) is 57.4 Å². The number of aryl methyl sites for hydroxylation is 2. The normalized spacial score (nSPS) is 20.0. The van der Waals surface area contributed by atoms with Crippen LogP contribution in [-0.4, -0.2) is 41.2 Å². The number of nitrogens with zero attached hydrogens (tertiary/aromatic N) is 2. The lowest BCUT2D eigenvalue weighted by Crippen LogP contribution is -2.54. The van der Waals surface area contributed by atoms with Crippen molar-refractivity contribution in [3.63, 3.8) is 0 Å². The number of ether oxygens (including phenoxy) is 2. The Hall–Kier alpha value is -0.910. The van der Waals surface area contributed by atoms with E-state index in [-0.39, 0.29) is 11.6 Å². The first kappa shape index (κ1) is 15.5. The molecule has 1 aliphatic heterocycles. The molecule has 2 N–H and O–H groups in total. The van der Waals surface area contributed by atoms with Gasteiger partial charge in [0.25, 0.3) is 0 Å². The predicted octanol–water partition coefficient (Wildman–Crippen LogP) is 1.67. The average Bonchev–Trinajstić information content (AvgIpc) is 2.80. The molecular formula is C15H27N3O2. The molecule has 1 atom stereocenters. The van der Waals surface area contributed by atoms with Crippen LogP contribution in [0.25, 0.3) is 0 Å². The molecule has 0 amide bonds. The molecule has 0 spiro atoms. The van der Waals surface area contributed by atoms with Crippen molar-refractivity contribution in [2.45, 2.75) is 58.2 Å². The van der Waals surface area contributed by atoms with Crippen LogP contribution in [0, 0.1) is 6.92 Å². The van der Waals surface area contributed by atoms with Gasteiger partial charge in [0.1, 0.15) is 0 Å². The lowest BCUT2D eigenvalue weighted by Gasteiger charge is -2.41. The highest BCUT2D eigenvalue weighted by atomic mass is 16.5. The summed E-state index contributed by atoms with van der Waals surface area (Å²) in [5.41, 5.74) is 8.51. The Morgan fingerprint density at radius 2 is 2.15 bits per heavy atom. The lowest BCUT2D eigenvalue weighted by molar-refractivity contribution is -0.120. The van der Waals surface area contributed by atoms with Gasteiger partial charge in [0.05, 0.1) is 11.3 Å². The minimum Gasteiger partial charge on any atom is -0.381 e. The molecule has 2 rings (SSSR count). The molecule has 5 nitrogen and oxygen atoms in total. The number of nitrogens with two attached hydrogens (primary N) is 1. The Morgan fingerprint density at radius 3 is 2.75 bits per heavy atom. The van der Waals surface area contributed by atoms with Gasteiger partial charge in [0.2, 0.25) is 0 Å². The van der Waals surface area contributed by atoms with Crippen molar-refractivity contribution in [1.29, 1.82) is 0 Å². The first-order valence-electron chi connectivity index (χ1n) is 7.62. The van der Waals surface area contributed by atoms with Gasteiger partial charge in [-0.25, -0.2) is 0 Å². The van der Waals surface area contributed by atoms with E-state index in [2.05, 4.69) is 18.1 Å². The second-order valence-electron chi connectivity index (χ2n) is 5.51. The minimum atomic E-state index is -0.246. The molecule has 2 heterocycles. The van der Waals surface area contributed by atoms with Crippen LogP contribution in [0.1, 0.15) is 38.1 Å². The number of hydrogen-bond donors (Lipinski definition) is 1. The third-order valence-electron chi connectivity index (χ3n) is 4.16. The van der Waals surface area contributed by atoms with Crippen LogP contribution in [0.5, 0.6) is 0 Å². The fraction of sp³-hybridized carbons (Fsp3) is 0.800. The molecule has 1 fully saturated rings. The van der Waals surface area contributed by atoms with Gasteiger partial charge in [-0.1, -0.05) is 0 Å². The predicted molar refractivity (Wildman–Crippen MR) is 78.7 cm³/mol. The summed E-state index contributed by atoms with van der Waals surface area (Å²) >= 11 is 0. The molecule has 0 bridgehead atoms. The molecule has 114 valence electrons. The molecule has 20 heavy (non-hydrogen) atoms. The Labute approximate surface area is 121 Å². The fourth-order valence-corrected chi connectivity index (χ4v) is 3.08. The van der Waals surface area contributed by atoms with Crippen LogP contribution in [0.2, 0.25) is 0 Å². The van der Waals surface area contributed by atoms with Gasteiger partial charge in [-0.05, 0) is 26.8 Å². The van der Waals surface area contributed by atoms with Crippen molar-refractivity contribution >= 4 is 0 Å². The topological polar surface area (TPSA) is 62.3 Å². The van der Waals surface area contributed by atoms with E-state index >= 15 is 0 Å². The largest absolute Gasteiger partial charge is 0.381 e. The van der Waals surface area contributed by atoms with Crippen LogP contribution in [0.3, 0.4) is 0 Å². The molecule has 1 aromatic heterocycles. The van der Waals surface area contributed by atoms with Crippen LogP contribution < -0.4 is 5.73 Å². The molecule has 0 aromatic carbocycles. The van der Waals surface area contributed by atoms with Crippen molar-refractivity contribution in [3.8, 4) is 0 Å². The molecule has 1 unspecified atom stereocenters. The maximum atomic E-state index is 6.51. The highest BCUT2D eigenvalue weighted by molar-refractivity contribution is 5.12. The Balaban J connectivity index is 2.13. The standard InChI is InChI=1S/C15H27N3O2/c1-4-18-13(10-12(3)17-18)11-14(16)15(20-5-2)6-8-19-9-7-15/h10,14H,4-9,11,16H2,1-3H3. The van der Waals surface area contributed by atoms with Crippen molar-refractivity contribution < 1.29 is 9.47 Å². The Kier molecular flexibility index (Phi) is 5.18. The minimum absolute atomic E-state index is 0.0206. The van der Waals surface area contributed by atoms with Crippen LogP contribution in [-0.2, 0) is 22.4 Å². The van der Waals surface area contributed by atoms with E-state index in [0.29, 0.717) is 6.61 Å². The zero-order valence-electron chi connectivity index (χ0n) is 12.9. The fourth-order valence-electron chi connectivity index (χ4n) is 3.08. The second-order valence-corrected chi connectivity index (χ2v) is 5.51. The molecule has 0 radical (unpaired) electrons. The van der Waals surface area contributed by atoms with Gasteiger partial charge in [-0.15, -0.1) is 0 Å². The van der Waals surface area contributed by atoms with E-state index < -0.39 is 0 Å². The maximum Gasteiger partial charge on any atom is 0.0880 e. The lowest BCUT2D eigenvalue weighted by atomic mass is 9.84. The third-order valence-corrected chi connectivity index (χ3v) is 4.16. The van der Waals surface area contributed by atoms with Gasteiger partial charge >= 0.3 is 0 Å². The van der Waals surface area contributed by atoms with Crippen LogP contribution in [0.15, 0.2) is 6.07 Å². The molecule has 0 saturated carbocycles. The van der Waals surface area contributed by atoms with Gasteiger partial charge < -0.3 is 15.2 Å². The Morgan fingerprint density at radius 1 is 1.45 bits per heavy atom. The monoisotopic (exact) mass is 281 g/mol. The SMILES string of the molecule is CCOC1(C(N)Cc2cc(C)nn2CC)CCOCC1. The average molecular weight is 281 g/mol. The molecular weight excluding hydrogens is 254 g/mol. The molecule has 1 saturated heterocycles. The van der Waals surface area contributed by atoms with E-state index in [1.165, 1.54) is 5.69 Å². The Bertz CT molecular complexity index is 419. The van der Waals surface area contributed by atoms with E-state index in [1.54, 1.807) is 0 Å². The van der Waals surface area contributed by atoms with E-state index in [4.69, 9.17) is 15.2 Å². The summed E-state index contributed by atoms with van der Waals surface area (Å²) in [4.78, 5) is 0. The first-order valence-corrected chi connectivity index (χ1v) is 7.62. The summed E-state index contributed by atoms with van der Waals surface area (Å²) in [6, 6.07) is 2.11. The molecule has 5 heteroatoms. The van der Waals surface area contributed by atoms with Gasteiger partial charge in [-0.2, -0.15) is 5.10 Å². The smallest absolute Gasteiger partial charge is 0.0880 e. The molecule has 1 aromatic rings. The number of hydrogen-bond acceptors (Lipinski definition) is 4.